The highest BCUT2D eigenvalue weighted by Gasteiger charge is 2.23. The van der Waals surface area contributed by atoms with Gasteiger partial charge in [0.15, 0.2) is 0 Å². The summed E-state index contributed by atoms with van der Waals surface area (Å²) >= 11 is 5.57. The minimum Gasteiger partial charge on any atom is -0.481 e. The van der Waals surface area contributed by atoms with Crippen molar-refractivity contribution >= 4 is 17.6 Å². The summed E-state index contributed by atoms with van der Waals surface area (Å²) in [4.78, 5) is 10.7. The number of halogens is 1. The number of ether oxygens (including phenoxy) is 1. The van der Waals surface area contributed by atoms with Crippen LogP contribution in [0.2, 0.25) is 0 Å². The van der Waals surface area contributed by atoms with Crippen molar-refractivity contribution in [2.75, 3.05) is 19.1 Å². The molecule has 1 fully saturated rings. The lowest BCUT2D eigenvalue weighted by Crippen LogP contribution is -2.23. The third kappa shape index (κ3) is 3.53. The van der Waals surface area contributed by atoms with Crippen LogP contribution in [0.25, 0.3) is 0 Å². The van der Waals surface area contributed by atoms with Crippen LogP contribution in [0.3, 0.4) is 0 Å². The summed E-state index contributed by atoms with van der Waals surface area (Å²) < 4.78 is 5.19. The molecule has 0 amide bonds. The van der Waals surface area contributed by atoms with E-state index in [9.17, 15) is 4.79 Å². The summed E-state index contributed by atoms with van der Waals surface area (Å²) in [5, 5.41) is 8.79. The van der Waals surface area contributed by atoms with Crippen molar-refractivity contribution in [3.05, 3.63) is 0 Å². The Balaban J connectivity index is 2.31. The Morgan fingerprint density at radius 1 is 1.54 bits per heavy atom. The van der Waals surface area contributed by atoms with E-state index in [4.69, 9.17) is 21.4 Å². The topological polar surface area (TPSA) is 46.5 Å². The molecule has 76 valence electrons. The Morgan fingerprint density at radius 2 is 2.15 bits per heavy atom. The number of carboxylic acid groups (broad SMARTS) is 1. The third-order valence-electron chi connectivity index (χ3n) is 2.49. The molecule has 1 heterocycles. The maximum absolute atomic E-state index is 10.7. The molecule has 1 atom stereocenters. The van der Waals surface area contributed by atoms with Crippen molar-refractivity contribution in [2.45, 2.75) is 19.3 Å². The van der Waals surface area contributed by atoms with E-state index in [0.29, 0.717) is 12.3 Å². The monoisotopic (exact) mass is 206 g/mol. The predicted octanol–water partition coefficient (Wildman–Crippen LogP) is 1.74. The molecule has 3 nitrogen and oxygen atoms in total. The van der Waals surface area contributed by atoms with Crippen molar-refractivity contribution in [1.29, 1.82) is 0 Å². The standard InChI is InChI=1S/C9H15ClO3/c10-6-8(9(11)12)5-7-1-3-13-4-2-7/h7-8H,1-6H2,(H,11,12). The van der Waals surface area contributed by atoms with Crippen LogP contribution in [-0.4, -0.2) is 30.2 Å². The van der Waals surface area contributed by atoms with E-state index in [2.05, 4.69) is 0 Å². The Kier molecular flexibility index (Phi) is 4.53. The summed E-state index contributed by atoms with van der Waals surface area (Å²) in [5.41, 5.74) is 0. The molecule has 1 rings (SSSR count). The van der Waals surface area contributed by atoms with Gasteiger partial charge in [-0.1, -0.05) is 0 Å². The molecule has 0 bridgehead atoms. The quantitative estimate of drug-likeness (QED) is 0.713. The van der Waals surface area contributed by atoms with Crippen LogP contribution in [-0.2, 0) is 9.53 Å². The van der Waals surface area contributed by atoms with Gasteiger partial charge < -0.3 is 9.84 Å². The first-order valence-electron chi connectivity index (χ1n) is 4.60. The van der Waals surface area contributed by atoms with E-state index < -0.39 is 5.97 Å². The van der Waals surface area contributed by atoms with Crippen molar-refractivity contribution in [2.24, 2.45) is 11.8 Å². The lowest BCUT2D eigenvalue weighted by Gasteiger charge is -2.23. The summed E-state index contributed by atoms with van der Waals surface area (Å²) in [6, 6.07) is 0. The van der Waals surface area contributed by atoms with E-state index in [-0.39, 0.29) is 11.8 Å². The highest BCUT2D eigenvalue weighted by molar-refractivity contribution is 6.19. The molecule has 1 saturated heterocycles. The third-order valence-corrected chi connectivity index (χ3v) is 2.87. The Hall–Kier alpha value is -0.280. The van der Waals surface area contributed by atoms with E-state index in [1.165, 1.54) is 0 Å². The van der Waals surface area contributed by atoms with Crippen molar-refractivity contribution < 1.29 is 14.6 Å². The fraction of sp³-hybridized carbons (Fsp3) is 0.889. The van der Waals surface area contributed by atoms with Crippen LogP contribution in [0.1, 0.15) is 19.3 Å². The molecule has 1 aliphatic rings. The number of alkyl halides is 1. The van der Waals surface area contributed by atoms with Gasteiger partial charge in [0.05, 0.1) is 5.92 Å². The highest BCUT2D eigenvalue weighted by Crippen LogP contribution is 2.23. The van der Waals surface area contributed by atoms with Crippen LogP contribution in [0, 0.1) is 11.8 Å². The van der Waals surface area contributed by atoms with Gasteiger partial charge in [-0.25, -0.2) is 0 Å². The van der Waals surface area contributed by atoms with Gasteiger partial charge >= 0.3 is 5.97 Å². The van der Waals surface area contributed by atoms with Crippen molar-refractivity contribution in [1.82, 2.24) is 0 Å². The fourth-order valence-corrected chi connectivity index (χ4v) is 1.87. The van der Waals surface area contributed by atoms with Crippen LogP contribution < -0.4 is 0 Å². The largest absolute Gasteiger partial charge is 0.481 e. The number of carbonyl (C=O) groups is 1. The maximum atomic E-state index is 10.7. The molecule has 0 radical (unpaired) electrons. The first kappa shape index (κ1) is 10.8. The number of hydrogen-bond donors (Lipinski definition) is 1. The molecule has 0 spiro atoms. The van der Waals surface area contributed by atoms with Gasteiger partial charge in [0, 0.05) is 19.1 Å². The molecule has 1 aliphatic heterocycles. The molecular weight excluding hydrogens is 192 g/mol. The minimum atomic E-state index is -0.776. The van der Waals surface area contributed by atoms with Crippen LogP contribution in [0.15, 0.2) is 0 Å². The smallest absolute Gasteiger partial charge is 0.307 e. The van der Waals surface area contributed by atoms with Gasteiger partial charge in [0.1, 0.15) is 0 Å². The Morgan fingerprint density at radius 3 is 2.62 bits per heavy atom. The second kappa shape index (κ2) is 5.45. The minimum absolute atomic E-state index is 0.215. The fourth-order valence-electron chi connectivity index (χ4n) is 1.61. The molecule has 0 aromatic carbocycles. The van der Waals surface area contributed by atoms with Crippen molar-refractivity contribution in [3.63, 3.8) is 0 Å². The van der Waals surface area contributed by atoms with Crippen molar-refractivity contribution in [3.8, 4) is 0 Å². The molecule has 4 heteroatoms. The summed E-state index contributed by atoms with van der Waals surface area (Å²) in [6.07, 6.45) is 2.64. The first-order valence-corrected chi connectivity index (χ1v) is 5.14. The number of carboxylic acids is 1. The first-order chi connectivity index (χ1) is 6.24. The maximum Gasteiger partial charge on any atom is 0.307 e. The Labute approximate surface area is 83.0 Å². The lowest BCUT2D eigenvalue weighted by molar-refractivity contribution is -0.141. The van der Waals surface area contributed by atoms with Crippen LogP contribution >= 0.6 is 11.6 Å². The lowest BCUT2D eigenvalue weighted by atomic mass is 9.90. The summed E-state index contributed by atoms with van der Waals surface area (Å²) in [7, 11) is 0. The zero-order chi connectivity index (χ0) is 9.68. The average molecular weight is 207 g/mol. The molecule has 0 aromatic rings. The zero-order valence-corrected chi connectivity index (χ0v) is 8.29. The second-order valence-corrected chi connectivity index (χ2v) is 3.79. The van der Waals surface area contributed by atoms with Gasteiger partial charge in [-0.2, -0.15) is 0 Å². The van der Waals surface area contributed by atoms with E-state index in [0.717, 1.165) is 26.1 Å². The SMILES string of the molecule is O=C(O)C(CCl)CC1CCOCC1. The molecular formula is C9H15ClO3. The molecule has 13 heavy (non-hydrogen) atoms. The molecule has 1 N–H and O–H groups in total. The molecule has 0 aliphatic carbocycles. The number of hydrogen-bond acceptors (Lipinski definition) is 2. The average Bonchev–Trinajstić information content (AvgIpc) is 2.15. The number of aliphatic carboxylic acids is 1. The molecule has 0 aromatic heterocycles. The van der Waals surface area contributed by atoms with Crippen LogP contribution in [0.4, 0.5) is 0 Å². The van der Waals surface area contributed by atoms with E-state index in [1.54, 1.807) is 0 Å². The highest BCUT2D eigenvalue weighted by atomic mass is 35.5. The van der Waals surface area contributed by atoms with E-state index >= 15 is 0 Å². The van der Waals surface area contributed by atoms with Gasteiger partial charge in [-0.3, -0.25) is 4.79 Å². The summed E-state index contributed by atoms with van der Waals surface area (Å²) in [5.74, 6) is -0.466. The second-order valence-electron chi connectivity index (χ2n) is 3.48. The van der Waals surface area contributed by atoms with E-state index in [1.807, 2.05) is 0 Å². The molecule has 1 unspecified atom stereocenters. The number of rotatable bonds is 4. The molecule has 0 saturated carbocycles. The zero-order valence-electron chi connectivity index (χ0n) is 7.54. The van der Waals surface area contributed by atoms with Crippen LogP contribution in [0.5, 0.6) is 0 Å². The van der Waals surface area contributed by atoms with Gasteiger partial charge in [-0.15, -0.1) is 11.6 Å². The normalized spacial score (nSPS) is 21.3. The Bertz CT molecular complexity index is 166. The predicted molar refractivity (Wildman–Crippen MR) is 50.0 cm³/mol. The van der Waals surface area contributed by atoms with Gasteiger partial charge in [-0.05, 0) is 25.2 Å². The van der Waals surface area contributed by atoms with Gasteiger partial charge in [0.25, 0.3) is 0 Å². The van der Waals surface area contributed by atoms with Gasteiger partial charge in [0.2, 0.25) is 0 Å². The summed E-state index contributed by atoms with van der Waals surface area (Å²) in [6.45, 7) is 1.53.